The summed E-state index contributed by atoms with van der Waals surface area (Å²) in [6.07, 6.45) is 3.95. The number of thiophene rings is 2. The lowest BCUT2D eigenvalue weighted by Gasteiger charge is -2.16. The molecule has 1 aliphatic carbocycles. The third kappa shape index (κ3) is 2.97. The molecule has 0 amide bonds. The zero-order valence-corrected chi connectivity index (χ0v) is 11.4. The van der Waals surface area contributed by atoms with E-state index in [0.29, 0.717) is 6.04 Å². The molecule has 0 aliphatic heterocycles. The van der Waals surface area contributed by atoms with Crippen LogP contribution in [0, 0.1) is 5.92 Å². The van der Waals surface area contributed by atoms with Crippen LogP contribution in [0.3, 0.4) is 0 Å². The Morgan fingerprint density at radius 3 is 2.65 bits per heavy atom. The predicted molar refractivity (Wildman–Crippen MR) is 75.8 cm³/mol. The monoisotopic (exact) mass is 263 g/mol. The number of hydrogen-bond donors (Lipinski definition) is 1. The Morgan fingerprint density at radius 2 is 2.00 bits per heavy atom. The van der Waals surface area contributed by atoms with Crippen molar-refractivity contribution in [1.82, 2.24) is 5.32 Å². The molecule has 17 heavy (non-hydrogen) atoms. The zero-order valence-electron chi connectivity index (χ0n) is 9.76. The van der Waals surface area contributed by atoms with Crippen LogP contribution in [-0.2, 0) is 6.42 Å². The Balaban J connectivity index is 1.55. The molecule has 90 valence electrons. The molecule has 2 aromatic rings. The van der Waals surface area contributed by atoms with Crippen LogP contribution in [0.4, 0.5) is 0 Å². The number of nitrogens with one attached hydrogen (secondary N) is 1. The third-order valence-electron chi connectivity index (χ3n) is 3.26. The van der Waals surface area contributed by atoms with E-state index in [9.17, 15) is 0 Å². The molecule has 0 spiro atoms. The van der Waals surface area contributed by atoms with Crippen molar-refractivity contribution in [3.05, 3.63) is 44.8 Å². The van der Waals surface area contributed by atoms with Gasteiger partial charge in [-0.3, -0.25) is 0 Å². The SMILES string of the molecule is c1csc(CCNC(c2cccs2)C2CC2)c1. The molecule has 0 bridgehead atoms. The molecular weight excluding hydrogens is 246 g/mol. The molecule has 1 nitrogen and oxygen atoms in total. The maximum atomic E-state index is 3.74. The van der Waals surface area contributed by atoms with E-state index in [1.807, 2.05) is 22.7 Å². The van der Waals surface area contributed by atoms with E-state index < -0.39 is 0 Å². The highest BCUT2D eigenvalue weighted by molar-refractivity contribution is 7.10. The van der Waals surface area contributed by atoms with Crippen molar-refractivity contribution in [3.8, 4) is 0 Å². The standard InChI is InChI=1S/C14H17NS2/c1-3-12(16-9-1)7-8-15-14(11-5-6-11)13-4-2-10-17-13/h1-4,9-11,14-15H,5-8H2. The highest BCUT2D eigenvalue weighted by Gasteiger charge is 2.32. The fourth-order valence-corrected chi connectivity index (χ4v) is 3.81. The zero-order chi connectivity index (χ0) is 11.5. The first-order chi connectivity index (χ1) is 8.43. The second-order valence-corrected chi connectivity index (χ2v) is 6.63. The van der Waals surface area contributed by atoms with Crippen LogP contribution in [0.5, 0.6) is 0 Å². The minimum absolute atomic E-state index is 0.606. The van der Waals surface area contributed by atoms with Crippen molar-refractivity contribution in [2.24, 2.45) is 5.92 Å². The molecule has 3 rings (SSSR count). The van der Waals surface area contributed by atoms with Crippen LogP contribution in [-0.4, -0.2) is 6.54 Å². The van der Waals surface area contributed by atoms with Crippen molar-refractivity contribution < 1.29 is 0 Å². The number of hydrogen-bond acceptors (Lipinski definition) is 3. The van der Waals surface area contributed by atoms with Gasteiger partial charge in [-0.15, -0.1) is 22.7 Å². The Morgan fingerprint density at radius 1 is 1.18 bits per heavy atom. The quantitative estimate of drug-likeness (QED) is 0.827. The fourth-order valence-electron chi connectivity index (χ4n) is 2.20. The van der Waals surface area contributed by atoms with E-state index in [2.05, 4.69) is 40.3 Å². The Kier molecular flexibility index (Phi) is 3.60. The maximum absolute atomic E-state index is 3.74. The van der Waals surface area contributed by atoms with Crippen LogP contribution >= 0.6 is 22.7 Å². The van der Waals surface area contributed by atoms with Gasteiger partial charge in [0, 0.05) is 22.3 Å². The van der Waals surface area contributed by atoms with Gasteiger partial charge in [-0.1, -0.05) is 12.1 Å². The molecule has 0 radical (unpaired) electrons. The molecule has 1 N–H and O–H groups in total. The average Bonchev–Trinajstić information content (AvgIpc) is 2.84. The Labute approximate surface area is 111 Å². The summed E-state index contributed by atoms with van der Waals surface area (Å²) in [6.45, 7) is 1.10. The van der Waals surface area contributed by atoms with Gasteiger partial charge >= 0.3 is 0 Å². The van der Waals surface area contributed by atoms with Crippen LogP contribution in [0.1, 0.15) is 28.6 Å². The van der Waals surface area contributed by atoms with Crippen LogP contribution < -0.4 is 5.32 Å². The van der Waals surface area contributed by atoms with Crippen LogP contribution in [0.2, 0.25) is 0 Å². The lowest BCUT2D eigenvalue weighted by atomic mass is 10.1. The second-order valence-electron chi connectivity index (χ2n) is 4.61. The van der Waals surface area contributed by atoms with Gasteiger partial charge in [0.2, 0.25) is 0 Å². The van der Waals surface area contributed by atoms with E-state index >= 15 is 0 Å². The maximum Gasteiger partial charge on any atom is 0.0443 e. The summed E-state index contributed by atoms with van der Waals surface area (Å²) in [5.74, 6) is 0.886. The number of rotatable bonds is 6. The summed E-state index contributed by atoms with van der Waals surface area (Å²) in [4.78, 5) is 3.00. The van der Waals surface area contributed by atoms with E-state index in [1.165, 1.54) is 22.6 Å². The van der Waals surface area contributed by atoms with E-state index in [-0.39, 0.29) is 0 Å². The summed E-state index contributed by atoms with van der Waals surface area (Å²) in [7, 11) is 0. The van der Waals surface area contributed by atoms with Crippen molar-refractivity contribution in [3.63, 3.8) is 0 Å². The highest BCUT2D eigenvalue weighted by Crippen LogP contribution is 2.42. The van der Waals surface area contributed by atoms with Gasteiger partial charge < -0.3 is 5.32 Å². The molecule has 3 heteroatoms. The first-order valence-electron chi connectivity index (χ1n) is 6.22. The van der Waals surface area contributed by atoms with Crippen LogP contribution in [0.15, 0.2) is 35.0 Å². The van der Waals surface area contributed by atoms with Gasteiger partial charge in [-0.2, -0.15) is 0 Å². The minimum Gasteiger partial charge on any atom is -0.309 e. The normalized spacial score (nSPS) is 17.2. The smallest absolute Gasteiger partial charge is 0.0443 e. The molecular formula is C14H17NS2. The summed E-state index contributed by atoms with van der Waals surface area (Å²) in [5.41, 5.74) is 0. The van der Waals surface area contributed by atoms with Gasteiger partial charge in [-0.05, 0) is 48.1 Å². The lowest BCUT2D eigenvalue weighted by Crippen LogP contribution is -2.24. The van der Waals surface area contributed by atoms with Gasteiger partial charge in [-0.25, -0.2) is 0 Å². The lowest BCUT2D eigenvalue weighted by molar-refractivity contribution is 0.492. The largest absolute Gasteiger partial charge is 0.309 e. The molecule has 0 saturated heterocycles. The van der Waals surface area contributed by atoms with Crippen molar-refractivity contribution >= 4 is 22.7 Å². The Hall–Kier alpha value is -0.640. The average molecular weight is 263 g/mol. The third-order valence-corrected chi connectivity index (χ3v) is 5.15. The van der Waals surface area contributed by atoms with Crippen molar-refractivity contribution in [2.45, 2.75) is 25.3 Å². The van der Waals surface area contributed by atoms with Crippen LogP contribution in [0.25, 0.3) is 0 Å². The summed E-state index contributed by atoms with van der Waals surface area (Å²) < 4.78 is 0. The van der Waals surface area contributed by atoms with Crippen molar-refractivity contribution in [1.29, 1.82) is 0 Å². The fraction of sp³-hybridized carbons (Fsp3) is 0.429. The molecule has 2 heterocycles. The van der Waals surface area contributed by atoms with Gasteiger partial charge in [0.05, 0.1) is 0 Å². The van der Waals surface area contributed by atoms with E-state index in [4.69, 9.17) is 0 Å². The molecule has 1 fully saturated rings. The van der Waals surface area contributed by atoms with Gasteiger partial charge in [0.15, 0.2) is 0 Å². The molecule has 0 aromatic carbocycles. The topological polar surface area (TPSA) is 12.0 Å². The summed E-state index contributed by atoms with van der Waals surface area (Å²) >= 11 is 3.75. The first-order valence-corrected chi connectivity index (χ1v) is 7.98. The molecule has 2 aromatic heterocycles. The summed E-state index contributed by atoms with van der Waals surface area (Å²) in [5, 5.41) is 8.09. The molecule has 1 aliphatic rings. The van der Waals surface area contributed by atoms with Crippen molar-refractivity contribution in [2.75, 3.05) is 6.54 Å². The molecule has 1 unspecified atom stereocenters. The van der Waals surface area contributed by atoms with E-state index in [1.54, 1.807) is 0 Å². The second kappa shape index (κ2) is 5.34. The molecule has 1 atom stereocenters. The minimum atomic E-state index is 0.606. The summed E-state index contributed by atoms with van der Waals surface area (Å²) in [6, 6.07) is 9.40. The van der Waals surface area contributed by atoms with Gasteiger partial charge in [0.25, 0.3) is 0 Å². The first kappa shape index (κ1) is 11.5. The van der Waals surface area contributed by atoms with E-state index in [0.717, 1.165) is 18.9 Å². The van der Waals surface area contributed by atoms with Gasteiger partial charge in [0.1, 0.15) is 0 Å². The Bertz CT molecular complexity index is 429. The molecule has 1 saturated carbocycles. The predicted octanol–water partition coefficient (Wildman–Crippen LogP) is 4.09. The highest BCUT2D eigenvalue weighted by atomic mass is 32.1.